The Morgan fingerprint density at radius 2 is 1.76 bits per heavy atom. The highest BCUT2D eigenvalue weighted by Crippen LogP contribution is 2.27. The molecule has 0 aliphatic carbocycles. The van der Waals surface area contributed by atoms with E-state index < -0.39 is 11.7 Å². The third kappa shape index (κ3) is 5.21. The van der Waals surface area contributed by atoms with Gasteiger partial charge in [0, 0.05) is 24.8 Å². The van der Waals surface area contributed by atoms with Gasteiger partial charge in [-0.05, 0) is 18.2 Å². The molecule has 0 fully saturated rings. The van der Waals surface area contributed by atoms with Crippen molar-refractivity contribution in [2.45, 2.75) is 20.0 Å². The lowest BCUT2D eigenvalue weighted by atomic mass is 10.3. The minimum absolute atomic E-state index is 0.317. The zero-order valence-electron chi connectivity index (χ0n) is 11.6. The van der Waals surface area contributed by atoms with Crippen molar-refractivity contribution in [3.8, 4) is 11.5 Å². The van der Waals surface area contributed by atoms with E-state index in [9.17, 15) is 13.2 Å². The van der Waals surface area contributed by atoms with E-state index in [2.05, 4.69) is 19.9 Å². The van der Waals surface area contributed by atoms with Crippen LogP contribution < -0.4 is 0 Å². The Balaban J connectivity index is 0.00000106. The largest absolute Gasteiger partial charge is 0.416 e. The van der Waals surface area contributed by atoms with Gasteiger partial charge in [0.25, 0.3) is 0 Å². The number of aromatic amines is 1. The highest BCUT2D eigenvalue weighted by Gasteiger charge is 2.29. The van der Waals surface area contributed by atoms with Crippen LogP contribution in [0.2, 0.25) is 0 Å². The van der Waals surface area contributed by atoms with Gasteiger partial charge in [0.1, 0.15) is 5.69 Å². The molecule has 0 radical (unpaired) electrons. The normalized spacial score (nSPS) is 10.1. The van der Waals surface area contributed by atoms with Crippen LogP contribution in [0.15, 0.2) is 49.2 Å². The van der Waals surface area contributed by atoms with Crippen molar-refractivity contribution >= 4 is 0 Å². The molecular formula is C14H15F3N4. The second-order valence-electron chi connectivity index (χ2n) is 3.51. The van der Waals surface area contributed by atoms with Gasteiger partial charge in [-0.1, -0.05) is 13.8 Å². The molecular weight excluding hydrogens is 281 g/mol. The minimum atomic E-state index is -4.40. The Hall–Kier alpha value is -2.44. The Morgan fingerprint density at radius 1 is 1.00 bits per heavy atom. The van der Waals surface area contributed by atoms with Crippen LogP contribution in [0, 0.1) is 0 Å². The molecule has 0 aliphatic rings. The molecule has 21 heavy (non-hydrogen) atoms. The molecule has 0 saturated heterocycles. The minimum Gasteiger partial charge on any atom is -0.345 e. The molecule has 2 rings (SSSR count). The average Bonchev–Trinajstić information content (AvgIpc) is 2.61. The predicted octanol–water partition coefficient (Wildman–Crippen LogP) is 4.04. The van der Waals surface area contributed by atoms with Gasteiger partial charge >= 0.3 is 6.18 Å². The first-order valence-corrected chi connectivity index (χ1v) is 6.28. The van der Waals surface area contributed by atoms with Crippen LogP contribution in [0.4, 0.5) is 13.2 Å². The number of rotatable bonds is 1. The summed E-state index contributed by atoms with van der Waals surface area (Å²) in [5.74, 6) is 0.317. The number of aromatic nitrogens is 4. The molecule has 0 unspecified atom stereocenters. The van der Waals surface area contributed by atoms with Crippen molar-refractivity contribution in [3.63, 3.8) is 0 Å². The summed E-state index contributed by atoms with van der Waals surface area (Å²) in [6.45, 7) is 4.00. The fourth-order valence-electron chi connectivity index (χ4n) is 1.32. The zero-order chi connectivity index (χ0) is 15.7. The lowest BCUT2D eigenvalue weighted by molar-refractivity contribution is -0.137. The fourth-order valence-corrected chi connectivity index (χ4v) is 1.32. The van der Waals surface area contributed by atoms with Crippen LogP contribution in [0.25, 0.3) is 11.5 Å². The number of nitrogens with zero attached hydrogens (tertiary/aromatic N) is 3. The number of hydrogen-bond acceptors (Lipinski definition) is 3. The second-order valence-corrected chi connectivity index (χ2v) is 3.51. The van der Waals surface area contributed by atoms with Gasteiger partial charge in [-0.15, -0.1) is 0 Å². The molecule has 0 spiro atoms. The number of H-pyrrole nitrogens is 1. The first-order valence-electron chi connectivity index (χ1n) is 6.28. The van der Waals surface area contributed by atoms with Gasteiger partial charge in [-0.2, -0.15) is 13.2 Å². The number of hydrogen-bond donors (Lipinski definition) is 1. The third-order valence-electron chi connectivity index (χ3n) is 2.18. The molecule has 2 aromatic heterocycles. The predicted molar refractivity (Wildman–Crippen MR) is 73.6 cm³/mol. The molecule has 4 nitrogen and oxygen atoms in total. The van der Waals surface area contributed by atoms with Crippen molar-refractivity contribution in [1.29, 1.82) is 0 Å². The summed E-state index contributed by atoms with van der Waals surface area (Å²) in [7, 11) is 0. The molecule has 2 heterocycles. The molecule has 0 aliphatic heterocycles. The van der Waals surface area contributed by atoms with Gasteiger partial charge < -0.3 is 4.98 Å². The van der Waals surface area contributed by atoms with Crippen molar-refractivity contribution in [2.75, 3.05) is 0 Å². The molecule has 2 aromatic rings. The Labute approximate surface area is 120 Å². The van der Waals surface area contributed by atoms with Crippen molar-refractivity contribution in [1.82, 2.24) is 19.9 Å². The summed E-state index contributed by atoms with van der Waals surface area (Å²) < 4.78 is 37.7. The summed E-state index contributed by atoms with van der Waals surface area (Å²) in [4.78, 5) is 14.5. The SMILES string of the molecule is CC.FC(F)(F)c1cccnc(-c2cnccn2)[nH]cc1. The maximum absolute atomic E-state index is 12.6. The number of alkyl halides is 3. The van der Waals surface area contributed by atoms with Gasteiger partial charge in [-0.25, -0.2) is 9.97 Å². The Bertz CT molecular complexity index is 593. The van der Waals surface area contributed by atoms with Crippen LogP contribution in [0.1, 0.15) is 19.4 Å². The van der Waals surface area contributed by atoms with E-state index in [-0.39, 0.29) is 0 Å². The van der Waals surface area contributed by atoms with E-state index in [1.807, 2.05) is 13.8 Å². The molecule has 0 bridgehead atoms. The molecule has 0 saturated carbocycles. The van der Waals surface area contributed by atoms with Crippen LogP contribution in [-0.2, 0) is 6.18 Å². The topological polar surface area (TPSA) is 54.5 Å². The molecule has 0 aromatic carbocycles. The van der Waals surface area contributed by atoms with Crippen molar-refractivity contribution < 1.29 is 13.2 Å². The molecule has 0 amide bonds. The monoisotopic (exact) mass is 296 g/mol. The second kappa shape index (κ2) is 7.98. The van der Waals surface area contributed by atoms with Crippen LogP contribution >= 0.6 is 0 Å². The van der Waals surface area contributed by atoms with E-state index in [1.54, 1.807) is 0 Å². The first kappa shape index (κ1) is 16.6. The first-order chi connectivity index (χ1) is 10.1. The van der Waals surface area contributed by atoms with Gasteiger partial charge in [0.15, 0.2) is 5.82 Å². The van der Waals surface area contributed by atoms with E-state index >= 15 is 0 Å². The van der Waals surface area contributed by atoms with Gasteiger partial charge in [0.2, 0.25) is 0 Å². The Morgan fingerprint density at radius 3 is 2.38 bits per heavy atom. The molecule has 0 atom stereocenters. The van der Waals surface area contributed by atoms with Gasteiger partial charge in [-0.3, -0.25) is 4.98 Å². The summed E-state index contributed by atoms with van der Waals surface area (Å²) in [5, 5.41) is 0. The summed E-state index contributed by atoms with van der Waals surface area (Å²) >= 11 is 0. The van der Waals surface area contributed by atoms with E-state index in [0.29, 0.717) is 11.5 Å². The molecule has 7 heteroatoms. The molecule has 1 N–H and O–H groups in total. The summed E-state index contributed by atoms with van der Waals surface area (Å²) in [6, 6.07) is 3.10. The van der Waals surface area contributed by atoms with E-state index in [4.69, 9.17) is 0 Å². The van der Waals surface area contributed by atoms with Crippen LogP contribution in [-0.4, -0.2) is 19.9 Å². The fraction of sp³-hybridized carbons (Fsp3) is 0.214. The molecule has 112 valence electrons. The van der Waals surface area contributed by atoms with E-state index in [1.165, 1.54) is 37.1 Å². The smallest absolute Gasteiger partial charge is 0.345 e. The standard InChI is InChI=1S/C12H9F3N4.C2H6/c13-12(14,15)9-2-1-4-18-11(19-5-3-9)10-8-16-6-7-17-10;1-2/h1-8H,(H,18,19);1-2H3. The highest BCUT2D eigenvalue weighted by atomic mass is 19.4. The van der Waals surface area contributed by atoms with Crippen molar-refractivity contribution in [2.24, 2.45) is 0 Å². The Kier molecular flexibility index (Phi) is 6.32. The maximum atomic E-state index is 12.6. The van der Waals surface area contributed by atoms with Crippen LogP contribution in [0.3, 0.4) is 0 Å². The number of halogens is 3. The average molecular weight is 296 g/mol. The van der Waals surface area contributed by atoms with Crippen LogP contribution in [0.5, 0.6) is 0 Å². The third-order valence-corrected chi connectivity index (χ3v) is 2.18. The lowest BCUT2D eigenvalue weighted by Crippen LogP contribution is -2.02. The quantitative estimate of drug-likeness (QED) is 0.864. The lowest BCUT2D eigenvalue weighted by Gasteiger charge is -2.02. The number of nitrogens with one attached hydrogen (secondary N) is 1. The highest BCUT2D eigenvalue weighted by molar-refractivity contribution is 5.45. The van der Waals surface area contributed by atoms with Gasteiger partial charge in [0.05, 0.1) is 11.8 Å². The summed E-state index contributed by atoms with van der Waals surface area (Å²) in [5.41, 5.74) is -0.334. The zero-order valence-corrected chi connectivity index (χ0v) is 11.6. The van der Waals surface area contributed by atoms with Crippen molar-refractivity contribution in [3.05, 3.63) is 54.7 Å². The van der Waals surface area contributed by atoms with E-state index in [0.717, 1.165) is 12.1 Å². The summed E-state index contributed by atoms with van der Waals surface area (Å²) in [6.07, 6.45) is 2.45. The maximum Gasteiger partial charge on any atom is 0.416 e.